The number of ether oxygens (including phenoxy) is 2. The number of aryl methyl sites for hydroxylation is 1. The number of amides is 1. The summed E-state index contributed by atoms with van der Waals surface area (Å²) in [5, 5.41) is 9.54. The van der Waals surface area contributed by atoms with Gasteiger partial charge in [-0.15, -0.1) is 5.06 Å². The third-order valence-electron chi connectivity index (χ3n) is 4.82. The molecule has 2 aliphatic heterocycles. The van der Waals surface area contributed by atoms with Crippen LogP contribution in [-0.4, -0.2) is 29.8 Å². The molecule has 2 aliphatic rings. The Hall–Kier alpha value is -3.87. The fourth-order valence-electron chi connectivity index (χ4n) is 3.19. The Balaban J connectivity index is 1.57. The third-order valence-corrected chi connectivity index (χ3v) is 4.82. The normalized spacial score (nSPS) is 16.8. The number of nitrogens with one attached hydrogen (secondary N) is 1. The average molecular weight is 403 g/mol. The van der Waals surface area contributed by atoms with Crippen LogP contribution in [0.15, 0.2) is 64.9 Å². The van der Waals surface area contributed by atoms with Crippen LogP contribution in [0.1, 0.15) is 23.6 Å². The summed E-state index contributed by atoms with van der Waals surface area (Å²) in [7, 11) is 1.56. The molecule has 0 aromatic heterocycles. The molecular formula is C23H21N3O4. The highest BCUT2D eigenvalue weighted by Gasteiger charge is 2.34. The number of hydrogen-bond acceptors (Lipinski definition) is 5. The molecule has 1 N–H and O–H groups in total. The zero-order chi connectivity index (χ0) is 21.3. The topological polar surface area (TPSA) is 84.2 Å². The molecule has 4 rings (SSSR count). The van der Waals surface area contributed by atoms with Gasteiger partial charge in [-0.05, 0) is 48.7 Å². The number of fused-ring (bicyclic) bond motifs is 1. The van der Waals surface area contributed by atoms with E-state index >= 15 is 0 Å². The Morgan fingerprint density at radius 2 is 1.97 bits per heavy atom. The molecule has 0 unspecified atom stereocenters. The number of hydroxylamine groups is 2. The summed E-state index contributed by atoms with van der Waals surface area (Å²) in [6.07, 6.45) is 3.21. The van der Waals surface area contributed by atoms with Crippen molar-refractivity contribution < 1.29 is 19.1 Å². The first-order valence-corrected chi connectivity index (χ1v) is 9.41. The van der Waals surface area contributed by atoms with Crippen molar-refractivity contribution in [2.75, 3.05) is 7.11 Å². The second-order valence-corrected chi connectivity index (χ2v) is 6.95. The minimum absolute atomic E-state index is 0.0584. The number of aliphatic imine (C=N–C) groups is 1. The molecule has 0 fully saturated rings. The van der Waals surface area contributed by atoms with Gasteiger partial charge in [0.15, 0.2) is 23.2 Å². The first kappa shape index (κ1) is 19.4. The summed E-state index contributed by atoms with van der Waals surface area (Å²) in [4.78, 5) is 21.8. The molecule has 0 spiro atoms. The number of hydrogen-bond donors (Lipinski definition) is 1. The summed E-state index contributed by atoms with van der Waals surface area (Å²) in [5.41, 5.74) is 3.07. The number of rotatable bonds is 5. The van der Waals surface area contributed by atoms with E-state index in [1.165, 1.54) is 5.06 Å². The monoisotopic (exact) mass is 403 g/mol. The predicted molar refractivity (Wildman–Crippen MR) is 113 cm³/mol. The number of amidine groups is 2. The van der Waals surface area contributed by atoms with Gasteiger partial charge < -0.3 is 14.3 Å². The SMILES string of the molecule is COc1cc(/C=C2\C(=N)N3OC(C)=CC3=NC2=O)ccc1OCc1ccccc1C. The van der Waals surface area contributed by atoms with Crippen molar-refractivity contribution in [3.8, 4) is 11.5 Å². The first-order valence-electron chi connectivity index (χ1n) is 9.41. The molecule has 2 aromatic rings. The van der Waals surface area contributed by atoms with Crippen molar-refractivity contribution in [1.29, 1.82) is 5.41 Å². The highest BCUT2D eigenvalue weighted by atomic mass is 16.7. The fourth-order valence-corrected chi connectivity index (χ4v) is 3.19. The number of benzene rings is 2. The van der Waals surface area contributed by atoms with Gasteiger partial charge in [-0.2, -0.15) is 4.99 Å². The highest BCUT2D eigenvalue weighted by Crippen LogP contribution is 2.31. The Morgan fingerprint density at radius 1 is 1.17 bits per heavy atom. The third kappa shape index (κ3) is 3.69. The summed E-state index contributed by atoms with van der Waals surface area (Å²) >= 11 is 0. The Labute approximate surface area is 174 Å². The standard InChI is InChI=1S/C23H21N3O4/c1-14-6-4-5-7-17(14)13-29-19-9-8-16(12-20(19)28-3)11-18-22(24)26-21(25-23(18)27)10-15(2)30-26/h4-12,24H,13H2,1-3H3/b18-11+,24-22?. The molecule has 7 heteroatoms. The van der Waals surface area contributed by atoms with Gasteiger partial charge in [0.25, 0.3) is 5.91 Å². The van der Waals surface area contributed by atoms with Crippen LogP contribution in [0, 0.1) is 12.3 Å². The van der Waals surface area contributed by atoms with E-state index in [0.717, 1.165) is 11.1 Å². The van der Waals surface area contributed by atoms with E-state index in [1.54, 1.807) is 44.4 Å². The zero-order valence-corrected chi connectivity index (χ0v) is 16.9. The van der Waals surface area contributed by atoms with Gasteiger partial charge in [0, 0.05) is 6.08 Å². The van der Waals surface area contributed by atoms with Crippen molar-refractivity contribution >= 4 is 23.7 Å². The van der Waals surface area contributed by atoms with Crippen molar-refractivity contribution in [2.24, 2.45) is 4.99 Å². The van der Waals surface area contributed by atoms with Crippen LogP contribution in [0.5, 0.6) is 11.5 Å². The summed E-state index contributed by atoms with van der Waals surface area (Å²) < 4.78 is 11.4. The second kappa shape index (κ2) is 7.87. The molecule has 0 saturated carbocycles. The summed E-state index contributed by atoms with van der Waals surface area (Å²) in [5.74, 6) is 1.47. The van der Waals surface area contributed by atoms with Gasteiger partial charge >= 0.3 is 0 Å². The maximum atomic E-state index is 12.4. The van der Waals surface area contributed by atoms with E-state index in [9.17, 15) is 4.79 Å². The van der Waals surface area contributed by atoms with Gasteiger partial charge in [-0.25, -0.2) is 0 Å². The molecule has 0 saturated heterocycles. The van der Waals surface area contributed by atoms with Crippen molar-refractivity contribution in [3.05, 3.63) is 76.6 Å². The molecule has 0 radical (unpaired) electrons. The van der Waals surface area contributed by atoms with E-state index < -0.39 is 5.91 Å². The fraction of sp³-hybridized carbons (Fsp3) is 0.174. The van der Waals surface area contributed by atoms with Crippen LogP contribution < -0.4 is 9.47 Å². The molecule has 0 atom stereocenters. The molecular weight excluding hydrogens is 382 g/mol. The van der Waals surface area contributed by atoms with Crippen LogP contribution in [0.25, 0.3) is 6.08 Å². The van der Waals surface area contributed by atoms with Gasteiger partial charge in [0.1, 0.15) is 12.4 Å². The van der Waals surface area contributed by atoms with Crippen molar-refractivity contribution in [1.82, 2.24) is 5.06 Å². The Bertz CT molecular complexity index is 1130. The van der Waals surface area contributed by atoms with Crippen LogP contribution >= 0.6 is 0 Å². The second-order valence-electron chi connectivity index (χ2n) is 6.95. The molecule has 0 aliphatic carbocycles. The largest absolute Gasteiger partial charge is 0.493 e. The smallest absolute Gasteiger partial charge is 0.282 e. The highest BCUT2D eigenvalue weighted by molar-refractivity contribution is 6.32. The van der Waals surface area contributed by atoms with Gasteiger partial charge in [0.05, 0.1) is 12.7 Å². The number of nitrogens with zero attached hydrogens (tertiary/aromatic N) is 2. The lowest BCUT2D eigenvalue weighted by atomic mass is 10.1. The van der Waals surface area contributed by atoms with E-state index in [2.05, 4.69) is 4.99 Å². The van der Waals surface area contributed by atoms with Gasteiger partial charge in [0.2, 0.25) is 0 Å². The molecule has 2 heterocycles. The van der Waals surface area contributed by atoms with Gasteiger partial charge in [-0.1, -0.05) is 30.3 Å². The average Bonchev–Trinajstić information content (AvgIpc) is 3.11. The molecule has 152 valence electrons. The van der Waals surface area contributed by atoms with E-state index in [0.29, 0.717) is 35.3 Å². The lowest BCUT2D eigenvalue weighted by Gasteiger charge is -2.23. The minimum Gasteiger partial charge on any atom is -0.493 e. The maximum Gasteiger partial charge on any atom is 0.282 e. The zero-order valence-electron chi connectivity index (χ0n) is 16.9. The first-order chi connectivity index (χ1) is 14.5. The van der Waals surface area contributed by atoms with E-state index in [1.807, 2.05) is 31.2 Å². The quantitative estimate of drug-likeness (QED) is 0.762. The number of methoxy groups -OCH3 is 1. The lowest BCUT2D eigenvalue weighted by molar-refractivity contribution is -0.114. The van der Waals surface area contributed by atoms with Crippen LogP contribution in [-0.2, 0) is 16.2 Å². The molecule has 7 nitrogen and oxygen atoms in total. The molecule has 0 bridgehead atoms. The number of allylic oxidation sites excluding steroid dienone is 1. The molecule has 1 amide bonds. The van der Waals surface area contributed by atoms with Crippen LogP contribution in [0.3, 0.4) is 0 Å². The van der Waals surface area contributed by atoms with Crippen LogP contribution in [0.2, 0.25) is 0 Å². The summed E-state index contributed by atoms with van der Waals surface area (Å²) in [6, 6.07) is 13.4. The maximum absolute atomic E-state index is 12.4. The van der Waals surface area contributed by atoms with Gasteiger partial charge in [-0.3, -0.25) is 10.2 Å². The predicted octanol–water partition coefficient (Wildman–Crippen LogP) is 4.03. The van der Waals surface area contributed by atoms with E-state index in [4.69, 9.17) is 19.7 Å². The molecule has 30 heavy (non-hydrogen) atoms. The minimum atomic E-state index is -0.486. The van der Waals surface area contributed by atoms with Crippen molar-refractivity contribution in [3.63, 3.8) is 0 Å². The molecule has 2 aromatic carbocycles. The van der Waals surface area contributed by atoms with Crippen molar-refractivity contribution in [2.45, 2.75) is 20.5 Å². The van der Waals surface area contributed by atoms with Crippen LogP contribution in [0.4, 0.5) is 0 Å². The van der Waals surface area contributed by atoms with E-state index in [-0.39, 0.29) is 11.4 Å². The number of carbonyl (C=O) groups excluding carboxylic acids is 1. The summed E-state index contributed by atoms with van der Waals surface area (Å²) in [6.45, 7) is 4.20. The lowest BCUT2D eigenvalue weighted by Crippen LogP contribution is -2.38. The number of carbonyl (C=O) groups is 1. The Kier molecular flexibility index (Phi) is 5.10. The Morgan fingerprint density at radius 3 is 2.73 bits per heavy atom.